The predicted molar refractivity (Wildman–Crippen MR) is 73.2 cm³/mol. The van der Waals surface area contributed by atoms with Crippen LogP contribution in [0.25, 0.3) is 0 Å². The minimum Gasteiger partial charge on any atom is -0.504 e. The van der Waals surface area contributed by atoms with Crippen LogP contribution in [0, 0.1) is 6.92 Å². The van der Waals surface area contributed by atoms with Gasteiger partial charge >= 0.3 is 5.91 Å². The second-order valence-electron chi connectivity index (χ2n) is 4.04. The zero-order valence-corrected chi connectivity index (χ0v) is 11.1. The Labute approximate surface area is 115 Å². The average molecular weight is 274 g/mol. The highest BCUT2D eigenvalue weighted by Gasteiger charge is 2.08. The second kappa shape index (κ2) is 5.92. The van der Waals surface area contributed by atoms with Crippen LogP contribution < -0.4 is 10.2 Å². The number of carbonyl (C=O) groups is 1. The number of phenolic OH excluding ortho intramolecular Hbond substituents is 1. The average Bonchev–Trinajstić information content (AvgIpc) is 2.87. The van der Waals surface area contributed by atoms with Crippen LogP contribution in [0.5, 0.6) is 11.5 Å². The molecule has 1 amide bonds. The first-order chi connectivity index (χ1) is 9.60. The Hall–Kier alpha value is -2.76. The molecule has 0 bridgehead atoms. The van der Waals surface area contributed by atoms with Crippen molar-refractivity contribution in [2.45, 2.75) is 6.92 Å². The van der Waals surface area contributed by atoms with E-state index in [1.807, 2.05) is 0 Å². The number of benzene rings is 1. The lowest BCUT2D eigenvalue weighted by atomic mass is 10.2. The van der Waals surface area contributed by atoms with Gasteiger partial charge in [-0.15, -0.1) is 0 Å². The maximum absolute atomic E-state index is 11.6. The second-order valence-corrected chi connectivity index (χ2v) is 4.04. The Morgan fingerprint density at radius 3 is 2.85 bits per heavy atom. The molecule has 0 saturated carbocycles. The molecular formula is C14H14N2O4. The van der Waals surface area contributed by atoms with E-state index >= 15 is 0 Å². The number of phenols is 1. The van der Waals surface area contributed by atoms with Crippen molar-refractivity contribution in [1.82, 2.24) is 5.43 Å². The predicted octanol–water partition coefficient (Wildman–Crippen LogP) is 2.07. The van der Waals surface area contributed by atoms with Gasteiger partial charge in [-0.2, -0.15) is 5.10 Å². The number of amides is 1. The van der Waals surface area contributed by atoms with Gasteiger partial charge in [0.2, 0.25) is 0 Å². The number of nitrogens with one attached hydrogen (secondary N) is 1. The summed E-state index contributed by atoms with van der Waals surface area (Å²) in [5.74, 6) is 0.798. The van der Waals surface area contributed by atoms with Crippen molar-refractivity contribution >= 4 is 12.1 Å². The molecule has 2 N–H and O–H groups in total. The molecule has 0 fully saturated rings. The SMILES string of the molecule is COc1cc(C=NNC(=O)c2ccc(C)o2)ccc1O. The first-order valence-electron chi connectivity index (χ1n) is 5.87. The van der Waals surface area contributed by atoms with Crippen molar-refractivity contribution in [3.8, 4) is 11.5 Å². The maximum atomic E-state index is 11.6. The quantitative estimate of drug-likeness (QED) is 0.660. The third-order valence-electron chi connectivity index (χ3n) is 2.55. The molecule has 0 radical (unpaired) electrons. The molecule has 1 aromatic heterocycles. The van der Waals surface area contributed by atoms with Crippen LogP contribution in [0.4, 0.5) is 0 Å². The summed E-state index contributed by atoms with van der Waals surface area (Å²) in [5.41, 5.74) is 3.02. The maximum Gasteiger partial charge on any atom is 0.307 e. The largest absolute Gasteiger partial charge is 0.504 e. The van der Waals surface area contributed by atoms with E-state index in [1.165, 1.54) is 19.4 Å². The highest BCUT2D eigenvalue weighted by molar-refractivity contribution is 5.92. The van der Waals surface area contributed by atoms with Crippen LogP contribution in [-0.2, 0) is 0 Å². The fraction of sp³-hybridized carbons (Fsp3) is 0.143. The van der Waals surface area contributed by atoms with Crippen molar-refractivity contribution in [3.63, 3.8) is 0 Å². The van der Waals surface area contributed by atoms with Crippen LogP contribution in [0.15, 0.2) is 39.9 Å². The first kappa shape index (κ1) is 13.7. The Morgan fingerprint density at radius 1 is 1.40 bits per heavy atom. The normalized spacial score (nSPS) is 10.7. The summed E-state index contributed by atoms with van der Waals surface area (Å²) in [6.07, 6.45) is 1.44. The number of aryl methyl sites for hydroxylation is 1. The van der Waals surface area contributed by atoms with E-state index in [9.17, 15) is 9.90 Å². The van der Waals surface area contributed by atoms with Crippen LogP contribution in [0.3, 0.4) is 0 Å². The fourth-order valence-electron chi connectivity index (χ4n) is 1.55. The molecule has 0 spiro atoms. The summed E-state index contributed by atoms with van der Waals surface area (Å²) in [6.45, 7) is 1.75. The lowest BCUT2D eigenvalue weighted by molar-refractivity contribution is 0.0926. The van der Waals surface area contributed by atoms with E-state index in [1.54, 1.807) is 31.2 Å². The molecule has 2 rings (SSSR count). The number of nitrogens with zero attached hydrogens (tertiary/aromatic N) is 1. The lowest BCUT2D eigenvalue weighted by Crippen LogP contribution is -2.16. The number of methoxy groups -OCH3 is 1. The minimum atomic E-state index is -0.430. The van der Waals surface area contributed by atoms with E-state index in [-0.39, 0.29) is 11.5 Å². The van der Waals surface area contributed by atoms with E-state index in [0.717, 1.165) is 0 Å². The van der Waals surface area contributed by atoms with Gasteiger partial charge in [-0.05, 0) is 42.8 Å². The summed E-state index contributed by atoms with van der Waals surface area (Å²) in [4.78, 5) is 11.6. The van der Waals surface area contributed by atoms with Crippen LogP contribution in [0.1, 0.15) is 21.9 Å². The molecule has 20 heavy (non-hydrogen) atoms. The zero-order valence-electron chi connectivity index (χ0n) is 11.1. The van der Waals surface area contributed by atoms with Gasteiger partial charge in [0.25, 0.3) is 0 Å². The number of hydrogen-bond donors (Lipinski definition) is 2. The van der Waals surface area contributed by atoms with Gasteiger partial charge in [-0.3, -0.25) is 4.79 Å². The van der Waals surface area contributed by atoms with Gasteiger partial charge in [-0.25, -0.2) is 5.43 Å². The number of hydrazone groups is 1. The molecule has 0 aliphatic rings. The molecule has 2 aromatic rings. The summed E-state index contributed by atoms with van der Waals surface area (Å²) in [5, 5.41) is 13.3. The molecule has 0 saturated heterocycles. The van der Waals surface area contributed by atoms with E-state index < -0.39 is 5.91 Å². The third-order valence-corrected chi connectivity index (χ3v) is 2.55. The van der Waals surface area contributed by atoms with E-state index in [4.69, 9.17) is 9.15 Å². The van der Waals surface area contributed by atoms with Crippen LogP contribution in [0.2, 0.25) is 0 Å². The molecule has 6 nitrogen and oxygen atoms in total. The number of ether oxygens (including phenoxy) is 1. The monoisotopic (exact) mass is 274 g/mol. The van der Waals surface area contributed by atoms with Crippen molar-refractivity contribution in [3.05, 3.63) is 47.4 Å². The number of carbonyl (C=O) groups excluding carboxylic acids is 1. The number of furan rings is 1. The summed E-state index contributed by atoms with van der Waals surface area (Å²) in [6, 6.07) is 8.00. The first-order valence-corrected chi connectivity index (χ1v) is 5.87. The van der Waals surface area contributed by atoms with Gasteiger partial charge < -0.3 is 14.3 Å². The van der Waals surface area contributed by atoms with Crippen molar-refractivity contribution in [1.29, 1.82) is 0 Å². The topological polar surface area (TPSA) is 84.1 Å². The molecule has 6 heteroatoms. The Kier molecular flexibility index (Phi) is 4.05. The number of aromatic hydroxyl groups is 1. The van der Waals surface area contributed by atoms with Gasteiger partial charge in [0, 0.05) is 0 Å². The molecule has 104 valence electrons. The Morgan fingerprint density at radius 2 is 2.20 bits per heavy atom. The van der Waals surface area contributed by atoms with Crippen LogP contribution >= 0.6 is 0 Å². The highest BCUT2D eigenvalue weighted by atomic mass is 16.5. The number of hydrogen-bond acceptors (Lipinski definition) is 5. The zero-order chi connectivity index (χ0) is 14.5. The van der Waals surface area contributed by atoms with Gasteiger partial charge in [-0.1, -0.05) is 0 Å². The van der Waals surface area contributed by atoms with E-state index in [0.29, 0.717) is 17.1 Å². The van der Waals surface area contributed by atoms with Gasteiger partial charge in [0.1, 0.15) is 5.76 Å². The van der Waals surface area contributed by atoms with Crippen molar-refractivity contribution in [2.75, 3.05) is 7.11 Å². The van der Waals surface area contributed by atoms with Gasteiger partial charge in [0.15, 0.2) is 17.3 Å². The molecule has 0 atom stereocenters. The minimum absolute atomic E-state index is 0.0414. The molecule has 0 aliphatic heterocycles. The summed E-state index contributed by atoms with van der Waals surface area (Å²) >= 11 is 0. The fourth-order valence-corrected chi connectivity index (χ4v) is 1.55. The Balaban J connectivity index is 2.01. The molecular weight excluding hydrogens is 260 g/mol. The molecule has 1 aromatic carbocycles. The van der Waals surface area contributed by atoms with Crippen molar-refractivity contribution < 1.29 is 19.1 Å². The van der Waals surface area contributed by atoms with Gasteiger partial charge in [0.05, 0.1) is 13.3 Å². The molecule has 1 heterocycles. The lowest BCUT2D eigenvalue weighted by Gasteiger charge is -2.03. The molecule has 0 unspecified atom stereocenters. The van der Waals surface area contributed by atoms with E-state index in [2.05, 4.69) is 10.5 Å². The van der Waals surface area contributed by atoms with Crippen molar-refractivity contribution in [2.24, 2.45) is 5.10 Å². The Bertz CT molecular complexity index is 646. The highest BCUT2D eigenvalue weighted by Crippen LogP contribution is 2.25. The van der Waals surface area contributed by atoms with Crippen LogP contribution in [-0.4, -0.2) is 24.3 Å². The summed E-state index contributed by atoms with van der Waals surface area (Å²) < 4.78 is 10.1. The third kappa shape index (κ3) is 3.17. The molecule has 0 aliphatic carbocycles. The summed E-state index contributed by atoms with van der Waals surface area (Å²) in [7, 11) is 1.46. The number of rotatable bonds is 4. The smallest absolute Gasteiger partial charge is 0.307 e. The standard InChI is InChI=1S/C14H14N2O4/c1-9-3-6-12(20-9)14(18)16-15-8-10-4-5-11(17)13(7-10)19-2/h3-8,17H,1-2H3,(H,16,18).